The summed E-state index contributed by atoms with van der Waals surface area (Å²) in [6.45, 7) is 0. The van der Waals surface area contributed by atoms with E-state index in [0.29, 0.717) is 11.3 Å². The summed E-state index contributed by atoms with van der Waals surface area (Å²) in [4.78, 5) is 0.141. The number of hydrogen-bond acceptors (Lipinski definition) is 2. The number of benzene rings is 2. The molecule has 0 atom stereocenters. The van der Waals surface area contributed by atoms with E-state index >= 15 is 0 Å². The maximum absolute atomic E-state index is 13.7. The zero-order valence-corrected chi connectivity index (χ0v) is 10.1. The number of halogens is 2. The highest BCUT2D eigenvalue weighted by Crippen LogP contribution is 2.21. The first-order valence-corrected chi connectivity index (χ1v) is 5.59. The lowest BCUT2D eigenvalue weighted by Crippen LogP contribution is -2.09. The Labute approximate surface area is 108 Å². The van der Waals surface area contributed by atoms with E-state index in [9.17, 15) is 8.78 Å². The average molecular weight is 264 g/mol. The van der Waals surface area contributed by atoms with E-state index in [1.165, 1.54) is 36.4 Å². The Balaban J connectivity index is 2.24. The van der Waals surface area contributed by atoms with E-state index in [1.807, 2.05) is 0 Å². The maximum atomic E-state index is 13.7. The Kier molecular flexibility index (Phi) is 3.53. The Morgan fingerprint density at radius 3 is 2.28 bits per heavy atom. The SMILES string of the molecule is NC(=S)c1ccc(Nc2ccc(F)cc2)c(F)c1. The molecule has 0 amide bonds. The van der Waals surface area contributed by atoms with Gasteiger partial charge in [0.1, 0.15) is 16.6 Å². The van der Waals surface area contributed by atoms with Crippen LogP contribution >= 0.6 is 12.2 Å². The van der Waals surface area contributed by atoms with Crippen LogP contribution < -0.4 is 11.1 Å². The van der Waals surface area contributed by atoms with Gasteiger partial charge >= 0.3 is 0 Å². The van der Waals surface area contributed by atoms with Crippen LogP contribution in [0.2, 0.25) is 0 Å². The molecule has 0 fully saturated rings. The Morgan fingerprint density at radius 1 is 1.06 bits per heavy atom. The molecule has 18 heavy (non-hydrogen) atoms. The second kappa shape index (κ2) is 5.10. The van der Waals surface area contributed by atoms with Crippen molar-refractivity contribution >= 4 is 28.6 Å². The first-order chi connectivity index (χ1) is 8.56. The molecule has 0 radical (unpaired) electrons. The van der Waals surface area contributed by atoms with Gasteiger partial charge in [-0.3, -0.25) is 0 Å². The van der Waals surface area contributed by atoms with Crippen molar-refractivity contribution in [3.63, 3.8) is 0 Å². The van der Waals surface area contributed by atoms with Crippen LogP contribution in [0.3, 0.4) is 0 Å². The average Bonchev–Trinajstić information content (AvgIpc) is 2.34. The quantitative estimate of drug-likeness (QED) is 0.835. The number of thiocarbonyl (C=S) groups is 1. The monoisotopic (exact) mass is 264 g/mol. The van der Waals surface area contributed by atoms with Crippen LogP contribution in [0.15, 0.2) is 42.5 Å². The van der Waals surface area contributed by atoms with Crippen molar-refractivity contribution in [3.05, 3.63) is 59.7 Å². The smallest absolute Gasteiger partial charge is 0.147 e. The van der Waals surface area contributed by atoms with E-state index in [1.54, 1.807) is 6.07 Å². The van der Waals surface area contributed by atoms with Gasteiger partial charge in [-0.2, -0.15) is 0 Å². The zero-order chi connectivity index (χ0) is 13.1. The number of nitrogens with one attached hydrogen (secondary N) is 1. The van der Waals surface area contributed by atoms with Gasteiger partial charge in [-0.15, -0.1) is 0 Å². The summed E-state index contributed by atoms with van der Waals surface area (Å²) < 4.78 is 26.4. The highest BCUT2D eigenvalue weighted by atomic mass is 32.1. The van der Waals surface area contributed by atoms with Crippen molar-refractivity contribution in [3.8, 4) is 0 Å². The number of hydrogen-bond donors (Lipinski definition) is 2. The van der Waals surface area contributed by atoms with Crippen molar-refractivity contribution in [2.45, 2.75) is 0 Å². The summed E-state index contributed by atoms with van der Waals surface area (Å²) in [6, 6.07) is 10.1. The first kappa shape index (κ1) is 12.4. The van der Waals surface area contributed by atoms with Gasteiger partial charge in [0.15, 0.2) is 0 Å². The zero-order valence-electron chi connectivity index (χ0n) is 9.28. The van der Waals surface area contributed by atoms with Gasteiger partial charge in [-0.05, 0) is 42.5 Å². The summed E-state index contributed by atoms with van der Waals surface area (Å²) in [5.74, 6) is -0.811. The lowest BCUT2D eigenvalue weighted by molar-refractivity contribution is 0.628. The Morgan fingerprint density at radius 2 is 1.72 bits per heavy atom. The van der Waals surface area contributed by atoms with E-state index in [-0.39, 0.29) is 16.5 Å². The third kappa shape index (κ3) is 2.81. The maximum Gasteiger partial charge on any atom is 0.147 e. The van der Waals surface area contributed by atoms with Crippen LogP contribution in [0.25, 0.3) is 0 Å². The summed E-state index contributed by atoms with van der Waals surface area (Å²) in [5.41, 5.74) is 6.74. The molecule has 0 saturated carbocycles. The molecule has 0 unspecified atom stereocenters. The third-order valence-corrected chi connectivity index (χ3v) is 2.61. The lowest BCUT2D eigenvalue weighted by atomic mass is 10.2. The molecule has 2 nitrogen and oxygen atoms in total. The van der Waals surface area contributed by atoms with Crippen molar-refractivity contribution in [2.75, 3.05) is 5.32 Å². The predicted molar refractivity (Wildman–Crippen MR) is 72.0 cm³/mol. The van der Waals surface area contributed by atoms with Crippen molar-refractivity contribution in [1.29, 1.82) is 0 Å². The number of anilines is 2. The molecular formula is C13H10F2N2S. The predicted octanol–water partition coefficient (Wildman–Crippen LogP) is 3.34. The molecule has 0 spiro atoms. The second-order valence-corrected chi connectivity index (χ2v) is 4.13. The van der Waals surface area contributed by atoms with Crippen molar-refractivity contribution in [1.82, 2.24) is 0 Å². The van der Waals surface area contributed by atoms with Crippen LogP contribution in [0.5, 0.6) is 0 Å². The van der Waals surface area contributed by atoms with Crippen LogP contribution in [0, 0.1) is 11.6 Å². The fourth-order valence-electron chi connectivity index (χ4n) is 1.46. The normalized spacial score (nSPS) is 10.1. The molecule has 3 N–H and O–H groups in total. The summed E-state index contributed by atoms with van der Waals surface area (Å²) in [6.07, 6.45) is 0. The van der Waals surface area contributed by atoms with Gasteiger partial charge in [-0.25, -0.2) is 8.78 Å². The molecule has 0 aliphatic rings. The van der Waals surface area contributed by atoms with E-state index in [2.05, 4.69) is 5.32 Å². The van der Waals surface area contributed by atoms with E-state index in [4.69, 9.17) is 18.0 Å². The fraction of sp³-hybridized carbons (Fsp3) is 0. The largest absolute Gasteiger partial charge is 0.389 e. The molecular weight excluding hydrogens is 254 g/mol. The molecule has 0 saturated heterocycles. The summed E-state index contributed by atoms with van der Waals surface area (Å²) in [5, 5.41) is 2.84. The summed E-state index contributed by atoms with van der Waals surface area (Å²) in [7, 11) is 0. The molecule has 2 aromatic rings. The molecule has 0 aliphatic heterocycles. The van der Waals surface area contributed by atoms with Gasteiger partial charge < -0.3 is 11.1 Å². The number of rotatable bonds is 3. The minimum absolute atomic E-state index is 0.141. The number of nitrogens with two attached hydrogens (primary N) is 1. The minimum atomic E-state index is -0.468. The third-order valence-electron chi connectivity index (χ3n) is 2.38. The molecule has 5 heteroatoms. The van der Waals surface area contributed by atoms with E-state index < -0.39 is 5.82 Å². The molecule has 0 aromatic heterocycles. The van der Waals surface area contributed by atoms with Gasteiger partial charge in [0.05, 0.1) is 5.69 Å². The Hall–Kier alpha value is -2.01. The highest BCUT2D eigenvalue weighted by Gasteiger charge is 2.05. The van der Waals surface area contributed by atoms with E-state index in [0.717, 1.165) is 0 Å². The second-order valence-electron chi connectivity index (χ2n) is 3.69. The molecule has 0 heterocycles. The highest BCUT2D eigenvalue weighted by molar-refractivity contribution is 7.80. The van der Waals surface area contributed by atoms with Crippen LogP contribution in [0.1, 0.15) is 5.56 Å². The van der Waals surface area contributed by atoms with Crippen molar-refractivity contribution in [2.24, 2.45) is 5.73 Å². The molecule has 92 valence electrons. The molecule has 0 aliphatic carbocycles. The van der Waals surface area contributed by atoms with Crippen molar-refractivity contribution < 1.29 is 8.78 Å². The molecule has 2 rings (SSSR count). The van der Waals surface area contributed by atoms with Crippen LogP contribution in [-0.4, -0.2) is 4.99 Å². The molecule has 2 aromatic carbocycles. The lowest BCUT2D eigenvalue weighted by Gasteiger charge is -2.08. The van der Waals surface area contributed by atoms with Gasteiger partial charge in [0.2, 0.25) is 0 Å². The van der Waals surface area contributed by atoms with Gasteiger partial charge in [0.25, 0.3) is 0 Å². The van der Waals surface area contributed by atoms with Gasteiger partial charge in [0, 0.05) is 11.3 Å². The Bertz CT molecular complexity index is 582. The minimum Gasteiger partial charge on any atom is -0.389 e. The molecule has 0 bridgehead atoms. The van der Waals surface area contributed by atoms with Gasteiger partial charge in [-0.1, -0.05) is 12.2 Å². The van der Waals surface area contributed by atoms with Crippen LogP contribution in [0.4, 0.5) is 20.2 Å². The standard InChI is InChI=1S/C13H10F2N2S/c14-9-2-4-10(5-3-9)17-12-6-1-8(13(16)18)7-11(12)15/h1-7,17H,(H2,16,18). The topological polar surface area (TPSA) is 38.0 Å². The first-order valence-electron chi connectivity index (χ1n) is 5.18. The fourth-order valence-corrected chi connectivity index (χ4v) is 1.59. The summed E-state index contributed by atoms with van der Waals surface area (Å²) >= 11 is 4.76. The van der Waals surface area contributed by atoms with Crippen LogP contribution in [-0.2, 0) is 0 Å².